The number of hydrogen-bond acceptors (Lipinski definition) is 4. The molecule has 1 fully saturated rings. The maximum atomic E-state index is 10.4. The molecule has 1 aliphatic carbocycles. The molecule has 1 aliphatic rings. The predicted molar refractivity (Wildman–Crippen MR) is 83.7 cm³/mol. The van der Waals surface area contributed by atoms with Gasteiger partial charge in [0.15, 0.2) is 0 Å². The molecule has 1 aromatic rings. The van der Waals surface area contributed by atoms with E-state index in [2.05, 4.69) is 19.2 Å². The van der Waals surface area contributed by atoms with E-state index in [0.29, 0.717) is 18.7 Å². The van der Waals surface area contributed by atoms with Crippen molar-refractivity contribution in [2.75, 3.05) is 20.8 Å². The molecule has 0 spiro atoms. The number of hydrogen-bond donors (Lipinski definition) is 2. The Morgan fingerprint density at radius 2 is 2.10 bits per heavy atom. The van der Waals surface area contributed by atoms with Crippen molar-refractivity contribution in [3.05, 3.63) is 29.3 Å². The van der Waals surface area contributed by atoms with Gasteiger partial charge in [0.2, 0.25) is 0 Å². The molecule has 3 atom stereocenters. The van der Waals surface area contributed by atoms with E-state index >= 15 is 0 Å². The lowest BCUT2D eigenvalue weighted by Gasteiger charge is -2.51. The number of nitrogens with one attached hydrogen (secondary N) is 1. The third-order valence-electron chi connectivity index (χ3n) is 4.76. The van der Waals surface area contributed by atoms with Crippen LogP contribution in [0.3, 0.4) is 0 Å². The summed E-state index contributed by atoms with van der Waals surface area (Å²) in [5, 5.41) is 13.9. The SMILES string of the molecule is COc1ccc(C)cc1C(O)CNC1CC(OC)C1(C)C. The topological polar surface area (TPSA) is 50.7 Å². The van der Waals surface area contributed by atoms with Crippen molar-refractivity contribution in [1.82, 2.24) is 5.32 Å². The van der Waals surface area contributed by atoms with Crippen LogP contribution in [0, 0.1) is 12.3 Å². The van der Waals surface area contributed by atoms with E-state index in [1.165, 1.54) is 0 Å². The fourth-order valence-corrected chi connectivity index (χ4v) is 3.11. The van der Waals surface area contributed by atoms with E-state index < -0.39 is 6.10 Å². The summed E-state index contributed by atoms with van der Waals surface area (Å²) in [7, 11) is 3.39. The average molecular weight is 293 g/mol. The first-order chi connectivity index (χ1) is 9.90. The van der Waals surface area contributed by atoms with E-state index in [4.69, 9.17) is 9.47 Å². The van der Waals surface area contributed by atoms with Gasteiger partial charge in [-0.15, -0.1) is 0 Å². The van der Waals surface area contributed by atoms with Crippen LogP contribution >= 0.6 is 0 Å². The highest BCUT2D eigenvalue weighted by Gasteiger charge is 2.48. The van der Waals surface area contributed by atoms with Crippen LogP contribution in [0.2, 0.25) is 0 Å². The largest absolute Gasteiger partial charge is 0.496 e. The molecule has 0 saturated heterocycles. The molecule has 4 nitrogen and oxygen atoms in total. The van der Waals surface area contributed by atoms with Crippen LogP contribution in [0.15, 0.2) is 18.2 Å². The van der Waals surface area contributed by atoms with E-state index in [-0.39, 0.29) is 5.41 Å². The smallest absolute Gasteiger partial charge is 0.124 e. The Kier molecular flexibility index (Phi) is 4.91. The number of methoxy groups -OCH3 is 2. The van der Waals surface area contributed by atoms with Crippen molar-refractivity contribution < 1.29 is 14.6 Å². The number of benzene rings is 1. The minimum Gasteiger partial charge on any atom is -0.496 e. The standard InChI is InChI=1S/C17H27NO3/c1-11-6-7-14(20-4)12(8-11)13(19)10-18-15-9-16(21-5)17(15,2)3/h6-8,13,15-16,18-19H,9-10H2,1-5H3. The van der Waals surface area contributed by atoms with Crippen molar-refractivity contribution in [3.63, 3.8) is 0 Å². The summed E-state index contributed by atoms with van der Waals surface area (Å²) in [4.78, 5) is 0. The van der Waals surface area contributed by atoms with Gasteiger partial charge in [0.1, 0.15) is 5.75 Å². The van der Waals surface area contributed by atoms with Crippen LogP contribution in [0.1, 0.15) is 37.5 Å². The second-order valence-electron chi connectivity index (χ2n) is 6.50. The second kappa shape index (κ2) is 6.34. The van der Waals surface area contributed by atoms with Crippen LogP contribution < -0.4 is 10.1 Å². The van der Waals surface area contributed by atoms with Gasteiger partial charge in [-0.3, -0.25) is 0 Å². The predicted octanol–water partition coefficient (Wildman–Crippen LogP) is 2.44. The monoisotopic (exact) mass is 293 g/mol. The number of rotatable bonds is 6. The van der Waals surface area contributed by atoms with E-state index in [0.717, 1.165) is 23.3 Å². The minimum absolute atomic E-state index is 0.102. The molecule has 1 aromatic carbocycles. The first-order valence-corrected chi connectivity index (χ1v) is 7.49. The number of aryl methyl sites for hydroxylation is 1. The fraction of sp³-hybridized carbons (Fsp3) is 0.647. The summed E-state index contributed by atoms with van der Waals surface area (Å²) in [6.07, 6.45) is 0.708. The normalized spacial score (nSPS) is 25.2. The van der Waals surface area contributed by atoms with Crippen LogP contribution in [0.4, 0.5) is 0 Å². The Labute approximate surface area is 127 Å². The summed E-state index contributed by atoms with van der Waals surface area (Å²) < 4.78 is 10.8. The molecule has 21 heavy (non-hydrogen) atoms. The molecule has 2 rings (SSSR count). The third-order valence-corrected chi connectivity index (χ3v) is 4.76. The van der Waals surface area contributed by atoms with Crippen LogP contribution in [0.5, 0.6) is 5.75 Å². The lowest BCUT2D eigenvalue weighted by atomic mass is 9.64. The number of aliphatic hydroxyl groups is 1. The molecule has 0 bridgehead atoms. The maximum absolute atomic E-state index is 10.4. The molecule has 0 aliphatic heterocycles. The highest BCUT2D eigenvalue weighted by atomic mass is 16.5. The van der Waals surface area contributed by atoms with Crippen molar-refractivity contribution in [2.24, 2.45) is 5.41 Å². The molecule has 4 heteroatoms. The summed E-state index contributed by atoms with van der Waals surface area (Å²) in [5.41, 5.74) is 2.06. The summed E-state index contributed by atoms with van der Waals surface area (Å²) >= 11 is 0. The quantitative estimate of drug-likeness (QED) is 0.846. The zero-order chi connectivity index (χ0) is 15.6. The molecule has 0 heterocycles. The second-order valence-corrected chi connectivity index (χ2v) is 6.50. The Hall–Kier alpha value is -1.10. The zero-order valence-corrected chi connectivity index (χ0v) is 13.6. The molecule has 1 saturated carbocycles. The van der Waals surface area contributed by atoms with Gasteiger partial charge in [0.25, 0.3) is 0 Å². The van der Waals surface area contributed by atoms with Gasteiger partial charge >= 0.3 is 0 Å². The lowest BCUT2D eigenvalue weighted by molar-refractivity contribution is -0.0992. The van der Waals surface area contributed by atoms with E-state index in [1.807, 2.05) is 25.1 Å². The van der Waals surface area contributed by atoms with Gasteiger partial charge in [0.05, 0.1) is 19.3 Å². The molecule has 2 N–H and O–H groups in total. The van der Waals surface area contributed by atoms with Gasteiger partial charge in [-0.05, 0) is 25.5 Å². The van der Waals surface area contributed by atoms with Crippen LogP contribution in [0.25, 0.3) is 0 Å². The zero-order valence-electron chi connectivity index (χ0n) is 13.6. The number of ether oxygens (including phenoxy) is 2. The van der Waals surface area contributed by atoms with Crippen molar-refractivity contribution in [1.29, 1.82) is 0 Å². The molecular weight excluding hydrogens is 266 g/mol. The Morgan fingerprint density at radius 1 is 1.38 bits per heavy atom. The highest BCUT2D eigenvalue weighted by molar-refractivity contribution is 5.38. The molecule has 0 aromatic heterocycles. The van der Waals surface area contributed by atoms with Crippen LogP contribution in [-0.2, 0) is 4.74 Å². The first-order valence-electron chi connectivity index (χ1n) is 7.49. The van der Waals surface area contributed by atoms with Crippen molar-refractivity contribution in [2.45, 2.75) is 45.4 Å². The van der Waals surface area contributed by atoms with Gasteiger partial charge in [0, 0.05) is 30.7 Å². The van der Waals surface area contributed by atoms with Crippen molar-refractivity contribution in [3.8, 4) is 5.75 Å². The molecule has 0 radical (unpaired) electrons. The summed E-state index contributed by atoms with van der Waals surface area (Å²) in [6, 6.07) is 6.24. The van der Waals surface area contributed by atoms with Crippen LogP contribution in [-0.4, -0.2) is 38.0 Å². The Morgan fingerprint density at radius 3 is 2.67 bits per heavy atom. The van der Waals surface area contributed by atoms with E-state index in [1.54, 1.807) is 14.2 Å². The van der Waals surface area contributed by atoms with Gasteiger partial charge in [-0.2, -0.15) is 0 Å². The van der Waals surface area contributed by atoms with Gasteiger partial charge in [-0.25, -0.2) is 0 Å². The number of aliphatic hydroxyl groups excluding tert-OH is 1. The lowest BCUT2D eigenvalue weighted by Crippen LogP contribution is -2.61. The Balaban J connectivity index is 1.97. The Bertz CT molecular complexity index is 487. The van der Waals surface area contributed by atoms with Gasteiger partial charge < -0.3 is 19.9 Å². The highest BCUT2D eigenvalue weighted by Crippen LogP contribution is 2.42. The maximum Gasteiger partial charge on any atom is 0.124 e. The minimum atomic E-state index is -0.572. The third kappa shape index (κ3) is 3.23. The van der Waals surface area contributed by atoms with E-state index in [9.17, 15) is 5.11 Å². The first kappa shape index (κ1) is 16.3. The van der Waals surface area contributed by atoms with Gasteiger partial charge in [-0.1, -0.05) is 25.5 Å². The molecular formula is C17H27NO3. The molecule has 0 amide bonds. The fourth-order valence-electron chi connectivity index (χ4n) is 3.11. The molecule has 3 unspecified atom stereocenters. The summed E-state index contributed by atoms with van der Waals surface area (Å²) in [6.45, 7) is 6.93. The molecule has 118 valence electrons. The average Bonchev–Trinajstić information content (AvgIpc) is 2.46. The summed E-state index contributed by atoms with van der Waals surface area (Å²) in [5.74, 6) is 0.734. The van der Waals surface area contributed by atoms with Crippen molar-refractivity contribution >= 4 is 0 Å².